The highest BCUT2D eigenvalue weighted by Gasteiger charge is 2.47. The van der Waals surface area contributed by atoms with Crippen LogP contribution >= 0.6 is 11.8 Å². The van der Waals surface area contributed by atoms with Gasteiger partial charge in [0.05, 0.1) is 46.6 Å². The van der Waals surface area contributed by atoms with Crippen molar-refractivity contribution in [2.75, 3.05) is 65.4 Å². The third-order valence-electron chi connectivity index (χ3n) is 10.7. The number of hydrogen-bond acceptors (Lipinski definition) is 11. The molecule has 0 bridgehead atoms. The number of rotatable bonds is 10. The van der Waals surface area contributed by atoms with Crippen LogP contribution in [0.1, 0.15) is 44.7 Å². The minimum Gasteiger partial charge on any atom is -0.463 e. The van der Waals surface area contributed by atoms with Gasteiger partial charge < -0.3 is 25.0 Å². The Labute approximate surface area is 282 Å². The van der Waals surface area contributed by atoms with Crippen LogP contribution in [-0.4, -0.2) is 102 Å². The Morgan fingerprint density at radius 2 is 1.96 bits per heavy atom. The van der Waals surface area contributed by atoms with Crippen LogP contribution in [0, 0.1) is 28.5 Å². The minimum atomic E-state index is -1.14. The number of fused-ring (bicyclic) bond motifs is 2. The van der Waals surface area contributed by atoms with Gasteiger partial charge in [-0.3, -0.25) is 9.88 Å². The Kier molecular flexibility index (Phi) is 8.63. The molecular formula is C34H41F3N8O2S. The molecule has 2 saturated carbocycles. The van der Waals surface area contributed by atoms with E-state index in [-0.39, 0.29) is 50.5 Å². The summed E-state index contributed by atoms with van der Waals surface area (Å²) in [4.78, 5) is 20.5. The zero-order valence-corrected chi connectivity index (χ0v) is 28.5. The Bertz CT molecular complexity index is 1770. The van der Waals surface area contributed by atoms with Gasteiger partial charge in [0.2, 0.25) is 0 Å². The van der Waals surface area contributed by atoms with Crippen LogP contribution in [0.4, 0.5) is 19.0 Å². The van der Waals surface area contributed by atoms with E-state index in [0.29, 0.717) is 31.0 Å². The number of nitrogens with two attached hydrogens (primary N) is 1. The van der Waals surface area contributed by atoms with E-state index in [0.717, 1.165) is 69.6 Å². The molecule has 10 nitrogen and oxygen atoms in total. The molecule has 48 heavy (non-hydrogen) atoms. The molecule has 256 valence electrons. The maximum atomic E-state index is 16.8. The first kappa shape index (κ1) is 33.1. The lowest BCUT2D eigenvalue weighted by Gasteiger charge is -2.49. The number of likely N-dealkylation sites (N-methyl/N-ethyl adjacent to an activating group) is 2. The van der Waals surface area contributed by atoms with E-state index in [1.54, 1.807) is 0 Å². The molecule has 3 fully saturated rings. The highest BCUT2D eigenvalue weighted by atomic mass is 32.2. The van der Waals surface area contributed by atoms with Gasteiger partial charge in [-0.25, -0.2) is 13.2 Å². The van der Waals surface area contributed by atoms with Gasteiger partial charge in [0.25, 0.3) is 0 Å². The van der Waals surface area contributed by atoms with Gasteiger partial charge in [-0.05, 0) is 64.8 Å². The first-order chi connectivity index (χ1) is 22.9. The summed E-state index contributed by atoms with van der Waals surface area (Å²) in [5, 5.41) is 9.18. The summed E-state index contributed by atoms with van der Waals surface area (Å²) in [6.07, 6.45) is 7.76. The van der Waals surface area contributed by atoms with Crippen molar-refractivity contribution in [1.82, 2.24) is 24.8 Å². The summed E-state index contributed by atoms with van der Waals surface area (Å²) in [6, 6.07) is 2.05. The maximum Gasteiger partial charge on any atom is 0.319 e. The third-order valence-corrected chi connectivity index (χ3v) is 11.9. The van der Waals surface area contributed by atoms with Crippen molar-refractivity contribution >= 4 is 34.1 Å². The number of thioether (sulfide) groups is 1. The van der Waals surface area contributed by atoms with Crippen LogP contribution in [0.25, 0.3) is 16.5 Å². The van der Waals surface area contributed by atoms with E-state index in [1.807, 2.05) is 18.0 Å². The molecule has 1 saturated heterocycles. The number of ether oxygens (including phenoxy) is 2. The quantitative estimate of drug-likeness (QED) is 0.368. The van der Waals surface area contributed by atoms with Gasteiger partial charge in [0.15, 0.2) is 11.6 Å². The minimum absolute atomic E-state index is 0.0384. The lowest BCUT2D eigenvalue weighted by molar-refractivity contribution is -0.0273. The fourth-order valence-electron chi connectivity index (χ4n) is 7.54. The third kappa shape index (κ3) is 5.82. The van der Waals surface area contributed by atoms with Crippen LogP contribution in [0.2, 0.25) is 0 Å². The summed E-state index contributed by atoms with van der Waals surface area (Å²) in [7, 11) is 6.05. The van der Waals surface area contributed by atoms with E-state index in [1.165, 1.54) is 6.20 Å². The molecular weight excluding hydrogens is 641 g/mol. The molecule has 3 aliphatic carbocycles. The van der Waals surface area contributed by atoms with Crippen LogP contribution in [0.15, 0.2) is 34.5 Å². The van der Waals surface area contributed by atoms with Gasteiger partial charge in [0.1, 0.15) is 22.9 Å². The average Bonchev–Trinajstić information content (AvgIpc) is 3.71. The summed E-state index contributed by atoms with van der Waals surface area (Å²) < 4.78 is 58.6. The normalized spacial score (nSPS) is 26.3. The maximum absolute atomic E-state index is 16.8. The first-order valence-corrected chi connectivity index (χ1v) is 17.4. The molecule has 2 unspecified atom stereocenters. The molecule has 4 heterocycles. The van der Waals surface area contributed by atoms with Crippen molar-refractivity contribution in [3.63, 3.8) is 0 Å². The monoisotopic (exact) mass is 682 g/mol. The highest BCUT2D eigenvalue weighted by molar-refractivity contribution is 8.04. The van der Waals surface area contributed by atoms with Crippen molar-refractivity contribution in [3.8, 4) is 12.1 Å². The van der Waals surface area contributed by atoms with Crippen molar-refractivity contribution in [3.05, 3.63) is 46.0 Å². The number of halogens is 3. The van der Waals surface area contributed by atoms with Crippen LogP contribution in [0.3, 0.4) is 0 Å². The molecule has 14 heteroatoms. The van der Waals surface area contributed by atoms with E-state index in [9.17, 15) is 14.0 Å². The molecule has 5 aliphatic rings. The fourth-order valence-corrected chi connectivity index (χ4v) is 8.75. The summed E-state index contributed by atoms with van der Waals surface area (Å²) in [5.74, 6) is -3.51. The molecule has 3 atom stereocenters. The number of hydrogen-bond donors (Lipinski definition) is 1. The van der Waals surface area contributed by atoms with Gasteiger partial charge in [-0.2, -0.15) is 15.2 Å². The SMILES string of the molecule is C[C@@H]1CN(CC2(COc3nc(N(C)CC4(N(C)C)CCC4)c4cnc(C5=CC(F)=C(F)C6SC(N)=C(C#N)C56)c(F)c4n3)CC2)CCO1. The molecule has 2 aromatic rings. The Balaban J connectivity index is 1.27. The second-order valence-corrected chi connectivity index (χ2v) is 15.4. The Morgan fingerprint density at radius 1 is 1.19 bits per heavy atom. The van der Waals surface area contributed by atoms with Gasteiger partial charge in [-0.15, -0.1) is 0 Å². The van der Waals surface area contributed by atoms with Crippen molar-refractivity contribution in [2.24, 2.45) is 17.1 Å². The average molecular weight is 683 g/mol. The lowest BCUT2D eigenvalue weighted by Crippen LogP contribution is -2.56. The van der Waals surface area contributed by atoms with E-state index in [4.69, 9.17) is 20.2 Å². The fraction of sp³-hybridized carbons (Fsp3) is 0.588. The molecule has 2 aromatic heterocycles. The molecule has 2 aliphatic heterocycles. The summed E-state index contributed by atoms with van der Waals surface area (Å²) in [6.45, 7) is 6.41. The number of pyridine rings is 1. The predicted molar refractivity (Wildman–Crippen MR) is 179 cm³/mol. The topological polar surface area (TPSA) is 117 Å². The number of aromatic nitrogens is 3. The van der Waals surface area contributed by atoms with Crippen LogP contribution < -0.4 is 15.4 Å². The van der Waals surface area contributed by atoms with Gasteiger partial charge >= 0.3 is 6.01 Å². The molecule has 0 aromatic carbocycles. The van der Waals surface area contributed by atoms with Crippen molar-refractivity contribution in [1.29, 1.82) is 5.26 Å². The zero-order valence-electron chi connectivity index (χ0n) is 27.7. The Hall–Kier alpha value is -3.38. The lowest BCUT2D eigenvalue weighted by atomic mass is 9.75. The van der Waals surface area contributed by atoms with Crippen LogP contribution in [-0.2, 0) is 4.74 Å². The van der Waals surface area contributed by atoms with Gasteiger partial charge in [0, 0.05) is 56.3 Å². The first-order valence-electron chi connectivity index (χ1n) is 16.5. The van der Waals surface area contributed by atoms with Gasteiger partial charge in [-0.1, -0.05) is 11.8 Å². The van der Waals surface area contributed by atoms with E-state index < -0.39 is 28.6 Å². The van der Waals surface area contributed by atoms with Crippen LogP contribution in [0.5, 0.6) is 6.01 Å². The molecule has 0 spiro atoms. The van der Waals surface area contributed by atoms with E-state index >= 15 is 4.39 Å². The second-order valence-electron chi connectivity index (χ2n) is 14.2. The summed E-state index contributed by atoms with van der Waals surface area (Å²) in [5.41, 5.74) is 5.78. The smallest absolute Gasteiger partial charge is 0.319 e. The zero-order chi connectivity index (χ0) is 34.0. The summed E-state index contributed by atoms with van der Waals surface area (Å²) >= 11 is 0.857. The molecule has 7 rings (SSSR count). The van der Waals surface area contributed by atoms with Crippen molar-refractivity contribution < 1.29 is 22.6 Å². The molecule has 0 amide bonds. The number of nitrogens with zero attached hydrogens (tertiary/aromatic N) is 7. The second kappa shape index (κ2) is 12.5. The number of anilines is 1. The predicted octanol–water partition coefficient (Wildman–Crippen LogP) is 4.94. The number of morpholine rings is 1. The standard InChI is InChI=1S/C34H41F3N8O2S/c1-19-15-45(10-11-46-19)16-33(8-9-33)18-47-32-41-28-22(31(42-32)44(4)17-34(43(2)3)6-5-7-34)14-40-27(26(28)37)20-12-23(35)25(36)29-24(20)21(13-38)30(39)48-29/h12,14,19,24,29H,5-11,15-18,39H2,1-4H3/t19-,24?,29?/m1/s1. The van der Waals surface area contributed by atoms with Crippen molar-refractivity contribution in [2.45, 2.75) is 55.9 Å². The highest BCUT2D eigenvalue weighted by Crippen LogP contribution is 2.53. The number of allylic oxidation sites excluding steroid dienone is 4. The largest absolute Gasteiger partial charge is 0.463 e. The molecule has 0 radical (unpaired) electrons. The Morgan fingerprint density at radius 3 is 2.60 bits per heavy atom. The van der Waals surface area contributed by atoms with E-state index in [2.05, 4.69) is 40.8 Å². The number of nitriles is 1. The molecule has 2 N–H and O–H groups in total.